The Morgan fingerprint density at radius 1 is 1.05 bits per heavy atom. The van der Waals surface area contributed by atoms with E-state index in [1.54, 1.807) is 6.07 Å². The first-order valence-electron chi connectivity index (χ1n) is 11.9. The highest BCUT2D eigenvalue weighted by Crippen LogP contribution is 2.37. The highest BCUT2D eigenvalue weighted by Gasteiger charge is 2.46. The summed E-state index contributed by atoms with van der Waals surface area (Å²) in [6.45, 7) is 0.851. The molecule has 2 aliphatic rings. The Morgan fingerprint density at radius 3 is 2.45 bits per heavy atom. The van der Waals surface area contributed by atoms with Crippen LogP contribution < -0.4 is 10.6 Å². The fourth-order valence-corrected chi connectivity index (χ4v) is 5.48. The molecule has 0 aromatic heterocycles. The second-order valence-electron chi connectivity index (χ2n) is 9.06. The molecule has 0 atom stereocenters. The summed E-state index contributed by atoms with van der Waals surface area (Å²) in [5, 5.41) is 14.2. The van der Waals surface area contributed by atoms with Gasteiger partial charge in [0.25, 0.3) is 5.91 Å². The van der Waals surface area contributed by atoms with E-state index >= 15 is 0 Å². The summed E-state index contributed by atoms with van der Waals surface area (Å²) in [5.41, 5.74) is -1.99. The second-order valence-corrected chi connectivity index (χ2v) is 10.2. The van der Waals surface area contributed by atoms with Gasteiger partial charge in [-0.15, -0.1) is 0 Å². The molecular formula is C25H26F6N4O2S. The molecule has 0 saturated carbocycles. The number of amides is 1. The molecule has 38 heavy (non-hydrogen) atoms. The molecule has 2 aromatic carbocycles. The minimum absolute atomic E-state index is 0.110. The van der Waals surface area contributed by atoms with E-state index in [9.17, 15) is 31.1 Å². The topological polar surface area (TPSA) is 77.0 Å². The van der Waals surface area contributed by atoms with Gasteiger partial charge in [-0.1, -0.05) is 30.1 Å². The molecule has 1 spiro atoms. The van der Waals surface area contributed by atoms with Gasteiger partial charge in [-0.05, 0) is 49.1 Å². The maximum absolute atomic E-state index is 13.6. The van der Waals surface area contributed by atoms with Crippen LogP contribution in [0.5, 0.6) is 0 Å². The Morgan fingerprint density at radius 2 is 1.79 bits per heavy atom. The number of carbonyl (C=O) groups excluding carboxylic acids is 1. The Balaban J connectivity index is 1.35. The lowest BCUT2D eigenvalue weighted by Crippen LogP contribution is -2.47. The van der Waals surface area contributed by atoms with Crippen LogP contribution in [-0.4, -0.2) is 58.7 Å². The molecule has 13 heteroatoms. The SMILES string of the molecule is O=C1NC(c2cccc(C(F)(F)F)c2)=NC12CCN(SCCc1ccc(NCCO)cc1C(F)(F)F)CC2. The maximum Gasteiger partial charge on any atom is 0.416 e. The number of carbonyl (C=O) groups is 1. The van der Waals surface area contributed by atoms with Crippen molar-refractivity contribution >= 4 is 29.4 Å². The number of hydrogen-bond acceptors (Lipinski definition) is 6. The number of benzene rings is 2. The summed E-state index contributed by atoms with van der Waals surface area (Å²) in [5.74, 6) is 0.142. The molecule has 2 aromatic rings. The van der Waals surface area contributed by atoms with Crippen LogP contribution in [0.25, 0.3) is 0 Å². The first-order valence-corrected chi connectivity index (χ1v) is 12.9. The summed E-state index contributed by atoms with van der Waals surface area (Å²) in [6, 6.07) is 8.65. The number of aliphatic hydroxyl groups excluding tert-OH is 1. The molecule has 1 fully saturated rings. The highest BCUT2D eigenvalue weighted by atomic mass is 32.2. The summed E-state index contributed by atoms with van der Waals surface area (Å²) < 4.78 is 81.9. The predicted octanol–water partition coefficient (Wildman–Crippen LogP) is 4.73. The zero-order chi connectivity index (χ0) is 27.6. The molecule has 0 bridgehead atoms. The van der Waals surface area contributed by atoms with Crippen molar-refractivity contribution in [3.8, 4) is 0 Å². The molecule has 3 N–H and O–H groups in total. The monoisotopic (exact) mass is 560 g/mol. The number of aliphatic hydroxyl groups is 1. The molecule has 1 amide bonds. The number of halogens is 6. The number of nitrogens with zero attached hydrogens (tertiary/aromatic N) is 2. The standard InChI is InChI=1S/C25H26F6N4O2S/c26-24(27,28)18-3-1-2-17(14-18)21-33-22(37)23(34-21)7-10-35(11-8-23)38-13-6-16-4-5-19(32-9-12-36)15-20(16)25(29,30)31/h1-5,14-15,32,36H,6-13H2,(H,33,34,37). The van der Waals surface area contributed by atoms with Crippen LogP contribution in [0.1, 0.15) is 35.1 Å². The summed E-state index contributed by atoms with van der Waals surface area (Å²) in [4.78, 5) is 17.2. The van der Waals surface area contributed by atoms with E-state index in [1.807, 2.05) is 4.31 Å². The second kappa shape index (κ2) is 11.1. The van der Waals surface area contributed by atoms with E-state index < -0.39 is 29.0 Å². The number of amidine groups is 1. The van der Waals surface area contributed by atoms with Crippen molar-refractivity contribution in [2.24, 2.45) is 4.99 Å². The Labute approximate surface area is 219 Å². The van der Waals surface area contributed by atoms with E-state index in [0.29, 0.717) is 31.7 Å². The number of hydrogen-bond donors (Lipinski definition) is 3. The van der Waals surface area contributed by atoms with E-state index in [0.717, 1.165) is 18.2 Å². The summed E-state index contributed by atoms with van der Waals surface area (Å²) in [6.07, 6.45) is -8.17. The van der Waals surface area contributed by atoms with Crippen LogP contribution >= 0.6 is 11.9 Å². The maximum atomic E-state index is 13.6. The molecule has 6 nitrogen and oxygen atoms in total. The van der Waals surface area contributed by atoms with E-state index in [4.69, 9.17) is 5.11 Å². The largest absolute Gasteiger partial charge is 0.416 e. The molecule has 206 valence electrons. The number of nitrogens with one attached hydrogen (secondary N) is 2. The molecule has 2 heterocycles. The van der Waals surface area contributed by atoms with Crippen LogP contribution in [0.4, 0.5) is 32.0 Å². The van der Waals surface area contributed by atoms with Gasteiger partial charge < -0.3 is 15.7 Å². The highest BCUT2D eigenvalue weighted by molar-refractivity contribution is 7.97. The first-order chi connectivity index (χ1) is 17.9. The molecule has 1 saturated heterocycles. The summed E-state index contributed by atoms with van der Waals surface area (Å²) >= 11 is 1.39. The van der Waals surface area contributed by atoms with E-state index in [1.165, 1.54) is 30.1 Å². The number of anilines is 1. The first kappa shape index (κ1) is 28.2. The Hall–Kier alpha value is -2.77. The number of alkyl halides is 6. The molecule has 2 aliphatic heterocycles. The Kier molecular flexibility index (Phi) is 8.29. The van der Waals surface area contributed by atoms with Gasteiger partial charge in [0, 0.05) is 36.6 Å². The third-order valence-corrected chi connectivity index (χ3v) is 7.61. The minimum atomic E-state index is -4.51. The molecule has 0 radical (unpaired) electrons. The van der Waals surface area contributed by atoms with Gasteiger partial charge in [0.15, 0.2) is 0 Å². The normalized spacial score (nSPS) is 18.0. The van der Waals surface area contributed by atoms with Crippen LogP contribution in [0.3, 0.4) is 0 Å². The third kappa shape index (κ3) is 6.44. The number of aliphatic imine (C=N–C) groups is 1. The smallest absolute Gasteiger partial charge is 0.395 e. The van der Waals surface area contributed by atoms with Gasteiger partial charge >= 0.3 is 12.4 Å². The van der Waals surface area contributed by atoms with Crippen molar-refractivity contribution in [2.75, 3.05) is 37.3 Å². The fourth-order valence-electron chi connectivity index (χ4n) is 4.47. The van der Waals surface area contributed by atoms with E-state index in [2.05, 4.69) is 15.6 Å². The minimum Gasteiger partial charge on any atom is -0.395 e. The average molecular weight is 561 g/mol. The van der Waals surface area contributed by atoms with E-state index in [-0.39, 0.29) is 48.1 Å². The lowest BCUT2D eigenvalue weighted by Gasteiger charge is -2.34. The molecule has 0 aliphatic carbocycles. The van der Waals surface area contributed by atoms with Crippen LogP contribution in [0.2, 0.25) is 0 Å². The lowest BCUT2D eigenvalue weighted by molar-refractivity contribution is -0.138. The average Bonchev–Trinajstić information content (AvgIpc) is 3.19. The zero-order valence-electron chi connectivity index (χ0n) is 20.1. The molecular weight excluding hydrogens is 534 g/mol. The van der Waals surface area contributed by atoms with Crippen molar-refractivity contribution in [1.29, 1.82) is 0 Å². The number of piperidine rings is 1. The number of aryl methyl sites for hydroxylation is 1. The van der Waals surface area contributed by atoms with Gasteiger partial charge in [-0.2, -0.15) is 26.3 Å². The van der Waals surface area contributed by atoms with Crippen molar-refractivity contribution in [3.05, 3.63) is 64.7 Å². The summed E-state index contributed by atoms with van der Waals surface area (Å²) in [7, 11) is 0. The van der Waals surface area contributed by atoms with Crippen molar-refractivity contribution in [1.82, 2.24) is 9.62 Å². The van der Waals surface area contributed by atoms with Crippen LogP contribution in [-0.2, 0) is 23.6 Å². The van der Waals surface area contributed by atoms with Crippen LogP contribution in [0, 0.1) is 0 Å². The predicted molar refractivity (Wildman–Crippen MR) is 133 cm³/mol. The lowest BCUT2D eigenvalue weighted by atomic mass is 9.89. The van der Waals surface area contributed by atoms with Gasteiger partial charge in [0.2, 0.25) is 0 Å². The third-order valence-electron chi connectivity index (χ3n) is 6.49. The van der Waals surface area contributed by atoms with Crippen LogP contribution in [0.15, 0.2) is 47.5 Å². The van der Waals surface area contributed by atoms with Crippen molar-refractivity contribution in [2.45, 2.75) is 37.2 Å². The van der Waals surface area contributed by atoms with Crippen molar-refractivity contribution < 1.29 is 36.2 Å². The fraction of sp³-hybridized carbons (Fsp3) is 0.440. The quantitative estimate of drug-likeness (QED) is 0.322. The van der Waals surface area contributed by atoms with Gasteiger partial charge in [0.1, 0.15) is 11.4 Å². The Bertz CT molecular complexity index is 1190. The number of rotatable bonds is 8. The van der Waals surface area contributed by atoms with Gasteiger partial charge in [-0.25, -0.2) is 0 Å². The van der Waals surface area contributed by atoms with Crippen molar-refractivity contribution in [3.63, 3.8) is 0 Å². The van der Waals surface area contributed by atoms with Gasteiger partial charge in [-0.3, -0.25) is 14.1 Å². The molecule has 0 unspecified atom stereocenters. The zero-order valence-corrected chi connectivity index (χ0v) is 20.9. The van der Waals surface area contributed by atoms with Gasteiger partial charge in [0.05, 0.1) is 17.7 Å². The molecule has 4 rings (SSSR count).